The van der Waals surface area contributed by atoms with E-state index in [1.807, 2.05) is 42.2 Å². The number of hydrogen-bond donors (Lipinski definition) is 1. The van der Waals surface area contributed by atoms with Gasteiger partial charge in [0.1, 0.15) is 6.61 Å². The third-order valence-electron chi connectivity index (χ3n) is 8.11. The van der Waals surface area contributed by atoms with Crippen LogP contribution in [0.4, 0.5) is 5.69 Å². The lowest BCUT2D eigenvalue weighted by molar-refractivity contribution is -0.534. The fourth-order valence-electron chi connectivity index (χ4n) is 6.69. The highest BCUT2D eigenvalue weighted by atomic mass is 35.5. The lowest BCUT2D eigenvalue weighted by Crippen LogP contribution is -2.55. The van der Waals surface area contributed by atoms with Crippen molar-refractivity contribution in [3.05, 3.63) is 97.5 Å². The molecule has 10 heteroatoms. The van der Waals surface area contributed by atoms with Gasteiger partial charge < -0.3 is 14.8 Å². The van der Waals surface area contributed by atoms with Gasteiger partial charge in [0.05, 0.1) is 17.5 Å². The van der Waals surface area contributed by atoms with Crippen molar-refractivity contribution in [2.24, 2.45) is 0 Å². The van der Waals surface area contributed by atoms with E-state index in [9.17, 15) is 14.9 Å². The standard InChI is InChI=1S/C29H27Cl2N3O5/c1-2-38-24-15-18(14-21(31)26(24)39-16-17-9-11-19(30)12-10-17)25-23-8-5-13-33(23)29(27(25)34(36)37)20-6-3-4-7-22(20)32-28(29)35/h3-4,6-7,9-12,14-15,23,25,27H,2,5,8,13,16H2,1H3,(H,32,35)/t23-,25+,27-,29+/m0/s1. The van der Waals surface area contributed by atoms with E-state index in [0.29, 0.717) is 51.5 Å². The lowest BCUT2D eigenvalue weighted by Gasteiger charge is -2.32. The summed E-state index contributed by atoms with van der Waals surface area (Å²) in [7, 11) is 0. The average molecular weight is 568 g/mol. The number of rotatable bonds is 7. The molecule has 202 valence electrons. The summed E-state index contributed by atoms with van der Waals surface area (Å²) in [6, 6.07) is 16.7. The lowest BCUT2D eigenvalue weighted by atomic mass is 9.77. The Morgan fingerprint density at radius 1 is 1.13 bits per heavy atom. The van der Waals surface area contributed by atoms with Crippen LogP contribution in [0.2, 0.25) is 10.0 Å². The summed E-state index contributed by atoms with van der Waals surface area (Å²) in [5.41, 5.74) is 1.45. The summed E-state index contributed by atoms with van der Waals surface area (Å²) >= 11 is 12.8. The number of hydrogen-bond acceptors (Lipinski definition) is 6. The molecule has 3 aromatic carbocycles. The molecule has 0 aromatic heterocycles. The molecular formula is C29H27Cl2N3O5. The first-order valence-electron chi connectivity index (χ1n) is 13.0. The van der Waals surface area contributed by atoms with Gasteiger partial charge in [-0.2, -0.15) is 0 Å². The molecule has 2 fully saturated rings. The van der Waals surface area contributed by atoms with Crippen molar-refractivity contribution < 1.29 is 19.2 Å². The molecule has 3 aromatic rings. The van der Waals surface area contributed by atoms with Crippen LogP contribution in [-0.2, 0) is 16.9 Å². The molecule has 3 aliphatic heterocycles. The molecular weight excluding hydrogens is 541 g/mol. The van der Waals surface area contributed by atoms with Crippen LogP contribution in [0.25, 0.3) is 0 Å². The van der Waals surface area contributed by atoms with Gasteiger partial charge >= 0.3 is 0 Å². The fraction of sp³-hybridized carbons (Fsp3) is 0.345. The number of carbonyl (C=O) groups excluding carboxylic acids is 1. The summed E-state index contributed by atoms with van der Waals surface area (Å²) in [6.07, 6.45) is 1.58. The number of nitro groups is 1. The summed E-state index contributed by atoms with van der Waals surface area (Å²) in [5.74, 6) is -0.145. The molecule has 0 bridgehead atoms. The predicted molar refractivity (Wildman–Crippen MR) is 148 cm³/mol. The molecule has 1 amide bonds. The van der Waals surface area contributed by atoms with Crippen molar-refractivity contribution in [3.8, 4) is 11.5 Å². The number of nitrogens with one attached hydrogen (secondary N) is 1. The first-order valence-corrected chi connectivity index (χ1v) is 13.8. The minimum absolute atomic E-state index is 0.205. The van der Waals surface area contributed by atoms with Gasteiger partial charge in [-0.3, -0.25) is 19.8 Å². The van der Waals surface area contributed by atoms with Crippen LogP contribution < -0.4 is 14.8 Å². The van der Waals surface area contributed by atoms with Gasteiger partial charge in [0.25, 0.3) is 11.9 Å². The van der Waals surface area contributed by atoms with E-state index in [0.717, 1.165) is 18.4 Å². The highest BCUT2D eigenvalue weighted by molar-refractivity contribution is 6.32. The van der Waals surface area contributed by atoms with Gasteiger partial charge in [-0.1, -0.05) is 53.5 Å². The van der Waals surface area contributed by atoms with Crippen molar-refractivity contribution >= 4 is 34.8 Å². The van der Waals surface area contributed by atoms with E-state index < -0.39 is 17.5 Å². The van der Waals surface area contributed by atoms with Crippen molar-refractivity contribution in [1.82, 2.24) is 4.90 Å². The number of fused-ring (bicyclic) bond motifs is 4. The maximum Gasteiger partial charge on any atom is 0.256 e. The number of carbonyl (C=O) groups is 1. The third kappa shape index (κ3) is 4.04. The Balaban J connectivity index is 1.43. The number of anilines is 1. The molecule has 1 N–H and O–H groups in total. The van der Waals surface area contributed by atoms with Crippen LogP contribution in [0.15, 0.2) is 60.7 Å². The SMILES string of the molecule is CCOc1cc([C@H]2[C@H]([N+](=O)[O-])[C@]3(C(=O)Nc4ccccc43)N3CCC[C@@H]23)cc(Cl)c1OCc1ccc(Cl)cc1. The highest BCUT2D eigenvalue weighted by Gasteiger charge is 2.73. The molecule has 8 nitrogen and oxygen atoms in total. The Hall–Kier alpha value is -3.33. The zero-order chi connectivity index (χ0) is 27.3. The van der Waals surface area contributed by atoms with Gasteiger partial charge in [0.15, 0.2) is 17.0 Å². The smallest absolute Gasteiger partial charge is 0.256 e. The van der Waals surface area contributed by atoms with Gasteiger partial charge in [0.2, 0.25) is 0 Å². The Morgan fingerprint density at radius 3 is 2.64 bits per heavy atom. The van der Waals surface area contributed by atoms with Gasteiger partial charge in [-0.15, -0.1) is 0 Å². The van der Waals surface area contributed by atoms with Crippen LogP contribution in [-0.4, -0.2) is 41.0 Å². The van der Waals surface area contributed by atoms with E-state index in [-0.39, 0.29) is 23.5 Å². The van der Waals surface area contributed by atoms with Crippen LogP contribution in [0, 0.1) is 10.1 Å². The van der Waals surface area contributed by atoms with Crippen LogP contribution in [0.1, 0.15) is 42.4 Å². The Morgan fingerprint density at radius 2 is 1.90 bits per heavy atom. The molecule has 1 spiro atoms. The molecule has 3 aliphatic rings. The maximum absolute atomic E-state index is 13.7. The number of nitrogens with zero attached hydrogens (tertiary/aromatic N) is 2. The minimum Gasteiger partial charge on any atom is -0.490 e. The van der Waals surface area contributed by atoms with E-state index in [4.69, 9.17) is 32.7 Å². The normalized spacial score (nSPS) is 25.4. The number of amides is 1. The first-order chi connectivity index (χ1) is 18.9. The molecule has 0 radical (unpaired) electrons. The fourth-order valence-corrected chi connectivity index (χ4v) is 7.09. The van der Waals surface area contributed by atoms with E-state index in [1.54, 1.807) is 30.3 Å². The third-order valence-corrected chi connectivity index (χ3v) is 8.64. The van der Waals surface area contributed by atoms with Crippen LogP contribution in [0.5, 0.6) is 11.5 Å². The van der Waals surface area contributed by atoms with E-state index >= 15 is 0 Å². The number of para-hydroxylation sites is 1. The quantitative estimate of drug-likeness (QED) is 0.277. The van der Waals surface area contributed by atoms with Crippen molar-refractivity contribution in [2.75, 3.05) is 18.5 Å². The first kappa shape index (κ1) is 25.9. The summed E-state index contributed by atoms with van der Waals surface area (Å²) in [5, 5.41) is 16.7. The molecule has 6 rings (SSSR count). The summed E-state index contributed by atoms with van der Waals surface area (Å²) in [4.78, 5) is 28.3. The summed E-state index contributed by atoms with van der Waals surface area (Å²) < 4.78 is 12.0. The van der Waals surface area contributed by atoms with Gasteiger partial charge in [-0.05, 0) is 61.2 Å². The van der Waals surface area contributed by atoms with E-state index in [1.165, 1.54) is 0 Å². The van der Waals surface area contributed by atoms with Crippen molar-refractivity contribution in [2.45, 2.75) is 49.9 Å². The number of ether oxygens (including phenoxy) is 2. The number of benzene rings is 3. The molecule has 4 atom stereocenters. The molecule has 2 saturated heterocycles. The predicted octanol–water partition coefficient (Wildman–Crippen LogP) is 6.03. The van der Waals surface area contributed by atoms with Crippen LogP contribution >= 0.6 is 23.2 Å². The largest absolute Gasteiger partial charge is 0.490 e. The Kier molecular flexibility index (Phi) is 6.65. The van der Waals surface area contributed by atoms with Crippen molar-refractivity contribution in [1.29, 1.82) is 0 Å². The number of halogens is 2. The molecule has 0 saturated carbocycles. The monoisotopic (exact) mass is 567 g/mol. The van der Waals surface area contributed by atoms with Crippen LogP contribution in [0.3, 0.4) is 0 Å². The second-order valence-corrected chi connectivity index (χ2v) is 10.9. The second kappa shape index (κ2) is 10.0. The zero-order valence-corrected chi connectivity index (χ0v) is 22.7. The zero-order valence-electron chi connectivity index (χ0n) is 21.2. The van der Waals surface area contributed by atoms with E-state index in [2.05, 4.69) is 5.32 Å². The highest BCUT2D eigenvalue weighted by Crippen LogP contribution is 2.58. The molecule has 0 aliphatic carbocycles. The Labute approximate surface area is 236 Å². The van der Waals surface area contributed by atoms with Gasteiger partial charge in [-0.25, -0.2) is 0 Å². The molecule has 0 unspecified atom stereocenters. The maximum atomic E-state index is 13.7. The topological polar surface area (TPSA) is 93.9 Å². The molecule has 3 heterocycles. The Bertz CT molecular complexity index is 1450. The second-order valence-electron chi connectivity index (χ2n) is 10.1. The summed E-state index contributed by atoms with van der Waals surface area (Å²) in [6.45, 7) is 3.05. The minimum atomic E-state index is -1.39. The average Bonchev–Trinajstić information content (AvgIpc) is 3.57. The molecule has 39 heavy (non-hydrogen) atoms. The van der Waals surface area contributed by atoms with Gasteiger partial charge in [0, 0.05) is 33.8 Å². The van der Waals surface area contributed by atoms with Crippen molar-refractivity contribution in [3.63, 3.8) is 0 Å².